The van der Waals surface area contributed by atoms with E-state index in [0.717, 1.165) is 30.3 Å². The first-order chi connectivity index (χ1) is 9.74. The molecule has 0 radical (unpaired) electrons. The Bertz CT molecular complexity index is 621. The predicted molar refractivity (Wildman–Crippen MR) is 79.7 cm³/mol. The molecule has 2 heterocycles. The molecule has 1 fully saturated rings. The third kappa shape index (κ3) is 2.65. The van der Waals surface area contributed by atoms with Gasteiger partial charge in [-0.3, -0.25) is 9.78 Å². The molecule has 2 N–H and O–H groups in total. The predicted octanol–water partition coefficient (Wildman–Crippen LogP) is 2.11. The number of rotatable bonds is 2. The van der Waals surface area contributed by atoms with Crippen molar-refractivity contribution in [1.82, 2.24) is 15.6 Å². The van der Waals surface area contributed by atoms with Gasteiger partial charge in [0.1, 0.15) is 0 Å². The van der Waals surface area contributed by atoms with Crippen LogP contribution in [0.1, 0.15) is 30.1 Å². The molecule has 1 saturated heterocycles. The fourth-order valence-electron chi connectivity index (χ4n) is 2.81. The average Bonchev–Trinajstić information content (AvgIpc) is 2.46. The molecule has 1 amide bonds. The minimum absolute atomic E-state index is 0.0200. The van der Waals surface area contributed by atoms with Crippen LogP contribution in [0.3, 0.4) is 0 Å². The quantitative estimate of drug-likeness (QED) is 0.878. The van der Waals surface area contributed by atoms with Crippen LogP contribution in [0.25, 0.3) is 10.9 Å². The minimum Gasteiger partial charge on any atom is -0.349 e. The van der Waals surface area contributed by atoms with Gasteiger partial charge in [-0.25, -0.2) is 0 Å². The fraction of sp³-hybridized carbons (Fsp3) is 0.375. The molecule has 104 valence electrons. The highest BCUT2D eigenvalue weighted by atomic mass is 16.1. The molecular weight excluding hydrogens is 250 g/mol. The molecule has 0 saturated carbocycles. The number of benzene rings is 1. The number of hydrogen-bond acceptors (Lipinski definition) is 3. The molecule has 1 aromatic carbocycles. The highest BCUT2D eigenvalue weighted by Gasteiger charge is 2.21. The molecule has 2 unspecified atom stereocenters. The monoisotopic (exact) mass is 269 g/mol. The van der Waals surface area contributed by atoms with Crippen LogP contribution in [0, 0.1) is 0 Å². The van der Waals surface area contributed by atoms with Crippen molar-refractivity contribution in [2.24, 2.45) is 0 Å². The zero-order valence-corrected chi connectivity index (χ0v) is 11.6. The fourth-order valence-corrected chi connectivity index (χ4v) is 2.81. The molecule has 1 aromatic heterocycles. The number of pyridine rings is 1. The summed E-state index contributed by atoms with van der Waals surface area (Å²) in [5, 5.41) is 7.53. The van der Waals surface area contributed by atoms with Gasteiger partial charge < -0.3 is 10.6 Å². The van der Waals surface area contributed by atoms with Gasteiger partial charge in [-0.1, -0.05) is 18.2 Å². The van der Waals surface area contributed by atoms with Crippen LogP contribution in [0.2, 0.25) is 0 Å². The Morgan fingerprint density at radius 2 is 2.20 bits per heavy atom. The summed E-state index contributed by atoms with van der Waals surface area (Å²) < 4.78 is 0. The number of hydrogen-bond donors (Lipinski definition) is 2. The first-order valence-electron chi connectivity index (χ1n) is 7.12. The van der Waals surface area contributed by atoms with Crippen molar-refractivity contribution in [2.75, 3.05) is 6.54 Å². The Morgan fingerprint density at radius 1 is 1.35 bits per heavy atom. The van der Waals surface area contributed by atoms with E-state index < -0.39 is 0 Å². The van der Waals surface area contributed by atoms with Crippen molar-refractivity contribution in [1.29, 1.82) is 0 Å². The van der Waals surface area contributed by atoms with E-state index in [1.54, 1.807) is 6.20 Å². The molecule has 0 aliphatic carbocycles. The first kappa shape index (κ1) is 13.1. The van der Waals surface area contributed by atoms with Gasteiger partial charge in [0.25, 0.3) is 5.91 Å². The minimum atomic E-state index is -0.0200. The number of fused-ring (bicyclic) bond motifs is 1. The lowest BCUT2D eigenvalue weighted by molar-refractivity contribution is 0.0927. The number of piperidine rings is 1. The second-order valence-electron chi connectivity index (χ2n) is 5.43. The van der Waals surface area contributed by atoms with Gasteiger partial charge in [-0.05, 0) is 38.4 Å². The Balaban J connectivity index is 1.82. The van der Waals surface area contributed by atoms with Crippen molar-refractivity contribution in [3.05, 3.63) is 42.1 Å². The van der Waals surface area contributed by atoms with E-state index in [-0.39, 0.29) is 11.9 Å². The maximum atomic E-state index is 12.5. The lowest BCUT2D eigenvalue weighted by Crippen LogP contribution is -2.46. The lowest BCUT2D eigenvalue weighted by Gasteiger charge is -2.28. The van der Waals surface area contributed by atoms with E-state index >= 15 is 0 Å². The van der Waals surface area contributed by atoms with Crippen molar-refractivity contribution < 1.29 is 4.79 Å². The zero-order valence-electron chi connectivity index (χ0n) is 11.6. The van der Waals surface area contributed by atoms with Crippen molar-refractivity contribution >= 4 is 16.8 Å². The topological polar surface area (TPSA) is 54.0 Å². The molecule has 4 heteroatoms. The average molecular weight is 269 g/mol. The van der Waals surface area contributed by atoms with E-state index in [1.165, 1.54) is 0 Å². The summed E-state index contributed by atoms with van der Waals surface area (Å²) in [5.41, 5.74) is 1.43. The summed E-state index contributed by atoms with van der Waals surface area (Å²) in [6.45, 7) is 3.11. The molecule has 1 aliphatic heterocycles. The Labute approximate surface area is 118 Å². The lowest BCUT2D eigenvalue weighted by atomic mass is 10.00. The number of nitrogens with zero attached hydrogens (tertiary/aromatic N) is 1. The molecule has 2 atom stereocenters. The van der Waals surface area contributed by atoms with Crippen LogP contribution < -0.4 is 10.6 Å². The Morgan fingerprint density at radius 3 is 3.05 bits per heavy atom. The van der Waals surface area contributed by atoms with Crippen molar-refractivity contribution in [2.45, 2.75) is 31.8 Å². The number of nitrogens with one attached hydrogen (secondary N) is 2. The van der Waals surface area contributed by atoms with Crippen molar-refractivity contribution in [3.63, 3.8) is 0 Å². The number of carbonyl (C=O) groups excluding carboxylic acids is 1. The molecule has 1 aliphatic rings. The van der Waals surface area contributed by atoms with Crippen LogP contribution >= 0.6 is 0 Å². The second kappa shape index (κ2) is 5.59. The summed E-state index contributed by atoms with van der Waals surface area (Å²) in [5.74, 6) is -0.0200. The summed E-state index contributed by atoms with van der Waals surface area (Å²) in [6.07, 6.45) is 3.68. The standard InChI is InChI=1S/C16H19N3O/c1-11-10-13(7-9-17-11)19-16(20)14-6-2-4-12-5-3-8-18-15(12)14/h2-6,8,11,13,17H,7,9-10H2,1H3,(H,19,20). The van der Waals surface area contributed by atoms with E-state index in [2.05, 4.69) is 22.5 Å². The molecule has 20 heavy (non-hydrogen) atoms. The summed E-state index contributed by atoms with van der Waals surface area (Å²) in [4.78, 5) is 16.8. The highest BCUT2D eigenvalue weighted by molar-refractivity contribution is 6.05. The summed E-state index contributed by atoms with van der Waals surface area (Å²) in [6, 6.07) is 10.3. The summed E-state index contributed by atoms with van der Waals surface area (Å²) >= 11 is 0. The van der Waals surface area contributed by atoms with Gasteiger partial charge in [0.15, 0.2) is 0 Å². The Hall–Kier alpha value is -1.94. The number of carbonyl (C=O) groups is 1. The van der Waals surface area contributed by atoms with Gasteiger partial charge in [0, 0.05) is 23.7 Å². The zero-order chi connectivity index (χ0) is 13.9. The smallest absolute Gasteiger partial charge is 0.253 e. The molecular formula is C16H19N3O. The number of aromatic nitrogens is 1. The van der Waals surface area contributed by atoms with E-state index in [1.807, 2.05) is 30.3 Å². The molecule has 2 aromatic rings. The van der Waals surface area contributed by atoms with Crippen LogP contribution in [0.5, 0.6) is 0 Å². The number of amides is 1. The van der Waals surface area contributed by atoms with E-state index in [9.17, 15) is 4.79 Å². The van der Waals surface area contributed by atoms with Gasteiger partial charge in [-0.2, -0.15) is 0 Å². The van der Waals surface area contributed by atoms with Crippen LogP contribution in [-0.2, 0) is 0 Å². The van der Waals surface area contributed by atoms with Crippen LogP contribution in [0.15, 0.2) is 36.5 Å². The van der Waals surface area contributed by atoms with E-state index in [4.69, 9.17) is 0 Å². The van der Waals surface area contributed by atoms with Gasteiger partial charge >= 0.3 is 0 Å². The largest absolute Gasteiger partial charge is 0.349 e. The van der Waals surface area contributed by atoms with Gasteiger partial charge in [-0.15, -0.1) is 0 Å². The maximum absolute atomic E-state index is 12.5. The molecule has 3 rings (SSSR count). The van der Waals surface area contributed by atoms with Gasteiger partial charge in [0.05, 0.1) is 11.1 Å². The van der Waals surface area contributed by atoms with Crippen LogP contribution in [0.4, 0.5) is 0 Å². The normalized spacial score (nSPS) is 22.6. The Kier molecular flexibility index (Phi) is 3.65. The first-order valence-corrected chi connectivity index (χ1v) is 7.12. The SMILES string of the molecule is CC1CC(NC(=O)c2cccc3cccnc23)CCN1. The van der Waals surface area contributed by atoms with Gasteiger partial charge in [0.2, 0.25) is 0 Å². The molecule has 4 nitrogen and oxygen atoms in total. The van der Waals surface area contributed by atoms with Crippen LogP contribution in [-0.4, -0.2) is 29.5 Å². The molecule has 0 spiro atoms. The third-order valence-corrected chi connectivity index (χ3v) is 3.84. The van der Waals surface area contributed by atoms with E-state index in [0.29, 0.717) is 11.6 Å². The summed E-state index contributed by atoms with van der Waals surface area (Å²) in [7, 11) is 0. The maximum Gasteiger partial charge on any atom is 0.253 e. The number of para-hydroxylation sites is 1. The third-order valence-electron chi connectivity index (χ3n) is 3.84. The highest BCUT2D eigenvalue weighted by Crippen LogP contribution is 2.17. The van der Waals surface area contributed by atoms with Crippen molar-refractivity contribution in [3.8, 4) is 0 Å². The molecule has 0 bridgehead atoms. The second-order valence-corrected chi connectivity index (χ2v) is 5.43.